The number of guanidine groups is 1. The standard InChI is InChI=1S/C18H23FN4/c1-21-17(23-9-8-18(13-23)6-2-3-7-18)22-12-15-10-14(11-20)4-5-16(15)19/h4-5,10H,2-3,6-9,12-13H2,1H3,(H,21,22). The Morgan fingerprint density at radius 1 is 1.39 bits per heavy atom. The Morgan fingerprint density at radius 3 is 2.87 bits per heavy atom. The van der Waals surface area contributed by atoms with Crippen LogP contribution < -0.4 is 5.32 Å². The summed E-state index contributed by atoms with van der Waals surface area (Å²) in [5.41, 5.74) is 1.45. The summed E-state index contributed by atoms with van der Waals surface area (Å²) in [6, 6.07) is 6.49. The normalized spacial score (nSPS) is 20.0. The highest BCUT2D eigenvalue weighted by Crippen LogP contribution is 2.45. The van der Waals surface area contributed by atoms with Gasteiger partial charge in [0.2, 0.25) is 0 Å². The second kappa shape index (κ2) is 6.57. The molecule has 1 saturated carbocycles. The predicted octanol–water partition coefficient (Wildman–Crippen LogP) is 3.04. The first-order chi connectivity index (χ1) is 11.2. The Kier molecular flexibility index (Phi) is 4.51. The smallest absolute Gasteiger partial charge is 0.193 e. The second-order valence-electron chi connectivity index (χ2n) is 6.70. The van der Waals surface area contributed by atoms with Crippen molar-refractivity contribution in [2.75, 3.05) is 20.1 Å². The quantitative estimate of drug-likeness (QED) is 0.674. The van der Waals surface area contributed by atoms with Gasteiger partial charge in [-0.15, -0.1) is 0 Å². The number of rotatable bonds is 2. The topological polar surface area (TPSA) is 51.4 Å². The summed E-state index contributed by atoms with van der Waals surface area (Å²) in [6.45, 7) is 2.41. The van der Waals surface area contributed by atoms with Crippen molar-refractivity contribution in [3.05, 3.63) is 35.1 Å². The molecule has 4 nitrogen and oxygen atoms in total. The van der Waals surface area contributed by atoms with Gasteiger partial charge in [-0.3, -0.25) is 4.99 Å². The van der Waals surface area contributed by atoms with Crippen molar-refractivity contribution in [2.45, 2.75) is 38.6 Å². The minimum atomic E-state index is -0.291. The lowest BCUT2D eigenvalue weighted by Gasteiger charge is -2.26. The second-order valence-corrected chi connectivity index (χ2v) is 6.70. The van der Waals surface area contributed by atoms with E-state index >= 15 is 0 Å². The van der Waals surface area contributed by atoms with E-state index in [1.54, 1.807) is 13.1 Å². The molecule has 0 unspecified atom stereocenters. The monoisotopic (exact) mass is 314 g/mol. The van der Waals surface area contributed by atoms with Crippen molar-refractivity contribution >= 4 is 5.96 Å². The maximum atomic E-state index is 13.9. The molecule has 122 valence electrons. The van der Waals surface area contributed by atoms with Gasteiger partial charge in [-0.25, -0.2) is 4.39 Å². The number of aliphatic imine (C=N–C) groups is 1. The van der Waals surface area contributed by atoms with Crippen LogP contribution in [0.1, 0.15) is 43.2 Å². The van der Waals surface area contributed by atoms with Crippen molar-refractivity contribution in [3.63, 3.8) is 0 Å². The molecule has 23 heavy (non-hydrogen) atoms. The highest BCUT2D eigenvalue weighted by molar-refractivity contribution is 5.80. The van der Waals surface area contributed by atoms with Gasteiger partial charge in [-0.1, -0.05) is 12.8 Å². The Bertz CT molecular complexity index is 641. The van der Waals surface area contributed by atoms with Crippen LogP contribution in [0.15, 0.2) is 23.2 Å². The van der Waals surface area contributed by atoms with Gasteiger partial charge in [0.05, 0.1) is 11.6 Å². The van der Waals surface area contributed by atoms with Crippen LogP contribution in [0.2, 0.25) is 0 Å². The number of nitriles is 1. The molecule has 2 fully saturated rings. The molecule has 0 aromatic heterocycles. The first-order valence-corrected chi connectivity index (χ1v) is 8.30. The minimum Gasteiger partial charge on any atom is -0.352 e. The highest BCUT2D eigenvalue weighted by atomic mass is 19.1. The number of benzene rings is 1. The van der Waals surface area contributed by atoms with E-state index in [0.29, 0.717) is 23.1 Å². The van der Waals surface area contributed by atoms with E-state index in [4.69, 9.17) is 5.26 Å². The average molecular weight is 314 g/mol. The van der Waals surface area contributed by atoms with Crippen molar-refractivity contribution < 1.29 is 4.39 Å². The van der Waals surface area contributed by atoms with E-state index in [-0.39, 0.29) is 5.82 Å². The molecule has 3 rings (SSSR count). The maximum Gasteiger partial charge on any atom is 0.193 e. The zero-order chi connectivity index (χ0) is 16.3. The Labute approximate surface area is 137 Å². The van der Waals surface area contributed by atoms with Gasteiger partial charge in [0.1, 0.15) is 5.82 Å². The van der Waals surface area contributed by atoms with Crippen LogP contribution in [0, 0.1) is 22.6 Å². The predicted molar refractivity (Wildman–Crippen MR) is 88.4 cm³/mol. The molecule has 1 aliphatic heterocycles. The zero-order valence-corrected chi connectivity index (χ0v) is 13.6. The summed E-state index contributed by atoms with van der Waals surface area (Å²) in [4.78, 5) is 6.64. The number of hydrogen-bond acceptors (Lipinski definition) is 2. The molecule has 1 spiro atoms. The molecule has 1 saturated heterocycles. The van der Waals surface area contributed by atoms with E-state index < -0.39 is 0 Å². The number of likely N-dealkylation sites (tertiary alicyclic amines) is 1. The Hall–Kier alpha value is -2.09. The third-order valence-electron chi connectivity index (χ3n) is 5.23. The fourth-order valence-corrected chi connectivity index (χ4v) is 3.94. The van der Waals surface area contributed by atoms with Crippen LogP contribution >= 0.6 is 0 Å². The molecule has 2 aliphatic rings. The van der Waals surface area contributed by atoms with Gasteiger partial charge in [0, 0.05) is 32.2 Å². The molecule has 1 heterocycles. The van der Waals surface area contributed by atoms with Gasteiger partial charge in [-0.05, 0) is 42.9 Å². The van der Waals surface area contributed by atoms with Crippen LogP contribution in [0.3, 0.4) is 0 Å². The molecule has 5 heteroatoms. The molecule has 1 aromatic rings. The first kappa shape index (κ1) is 15.8. The summed E-state index contributed by atoms with van der Waals surface area (Å²) in [7, 11) is 1.77. The maximum absolute atomic E-state index is 13.9. The fraction of sp³-hybridized carbons (Fsp3) is 0.556. The van der Waals surface area contributed by atoms with E-state index in [1.807, 2.05) is 6.07 Å². The lowest BCUT2D eigenvalue weighted by Crippen LogP contribution is -2.40. The number of nitrogens with one attached hydrogen (secondary N) is 1. The van der Waals surface area contributed by atoms with Gasteiger partial charge < -0.3 is 10.2 Å². The number of halogens is 1. The average Bonchev–Trinajstić information content (AvgIpc) is 3.20. The van der Waals surface area contributed by atoms with Crippen LogP contribution in [0.25, 0.3) is 0 Å². The van der Waals surface area contributed by atoms with Crippen LogP contribution in [-0.2, 0) is 6.54 Å². The highest BCUT2D eigenvalue weighted by Gasteiger charge is 2.41. The largest absolute Gasteiger partial charge is 0.352 e. The third-order valence-corrected chi connectivity index (χ3v) is 5.23. The molecule has 0 radical (unpaired) electrons. The van der Waals surface area contributed by atoms with Gasteiger partial charge in [0.25, 0.3) is 0 Å². The summed E-state index contributed by atoms with van der Waals surface area (Å²) in [5.74, 6) is 0.538. The molecular formula is C18H23FN4. The summed E-state index contributed by atoms with van der Waals surface area (Å²) in [6.07, 6.45) is 6.54. The van der Waals surface area contributed by atoms with Gasteiger partial charge in [0.15, 0.2) is 5.96 Å². The van der Waals surface area contributed by atoms with Crippen molar-refractivity contribution in [2.24, 2.45) is 10.4 Å². The van der Waals surface area contributed by atoms with Gasteiger partial charge in [-0.2, -0.15) is 5.26 Å². The van der Waals surface area contributed by atoms with E-state index in [1.165, 1.54) is 44.2 Å². The van der Waals surface area contributed by atoms with E-state index in [9.17, 15) is 4.39 Å². The molecule has 1 aromatic carbocycles. The van der Waals surface area contributed by atoms with Crippen LogP contribution in [0.4, 0.5) is 4.39 Å². The lowest BCUT2D eigenvalue weighted by atomic mass is 9.86. The van der Waals surface area contributed by atoms with Crippen molar-refractivity contribution in [1.82, 2.24) is 10.2 Å². The van der Waals surface area contributed by atoms with Crippen molar-refractivity contribution in [1.29, 1.82) is 5.26 Å². The molecular weight excluding hydrogens is 291 g/mol. The minimum absolute atomic E-state index is 0.291. The van der Waals surface area contributed by atoms with Gasteiger partial charge >= 0.3 is 0 Å². The zero-order valence-electron chi connectivity index (χ0n) is 13.6. The molecule has 0 amide bonds. The molecule has 0 bridgehead atoms. The fourth-order valence-electron chi connectivity index (χ4n) is 3.94. The first-order valence-electron chi connectivity index (χ1n) is 8.30. The Morgan fingerprint density at radius 2 is 2.17 bits per heavy atom. The summed E-state index contributed by atoms with van der Waals surface area (Å²) < 4.78 is 13.9. The third kappa shape index (κ3) is 3.31. The SMILES string of the molecule is CN=C(NCc1cc(C#N)ccc1F)N1CCC2(CCCC2)C1. The molecule has 1 aliphatic carbocycles. The number of nitrogens with zero attached hydrogens (tertiary/aromatic N) is 3. The van der Waals surface area contributed by atoms with E-state index in [2.05, 4.69) is 15.2 Å². The molecule has 0 atom stereocenters. The van der Waals surface area contributed by atoms with Crippen LogP contribution in [-0.4, -0.2) is 31.0 Å². The number of hydrogen-bond donors (Lipinski definition) is 1. The Balaban J connectivity index is 1.64. The summed E-state index contributed by atoms with van der Waals surface area (Å²) in [5, 5.41) is 12.2. The van der Waals surface area contributed by atoms with Crippen molar-refractivity contribution in [3.8, 4) is 6.07 Å². The lowest BCUT2D eigenvalue weighted by molar-refractivity contribution is 0.309. The van der Waals surface area contributed by atoms with Crippen LogP contribution in [0.5, 0.6) is 0 Å². The summed E-state index contributed by atoms with van der Waals surface area (Å²) >= 11 is 0. The van der Waals surface area contributed by atoms with E-state index in [0.717, 1.165) is 19.0 Å². The molecule has 1 N–H and O–H groups in total.